The summed E-state index contributed by atoms with van der Waals surface area (Å²) < 4.78 is 18.4. The molecule has 0 bridgehead atoms. The van der Waals surface area contributed by atoms with E-state index in [0.29, 0.717) is 11.0 Å². The van der Waals surface area contributed by atoms with Gasteiger partial charge in [0, 0.05) is 22.6 Å². The highest BCUT2D eigenvalue weighted by molar-refractivity contribution is 7.99. The third-order valence-corrected chi connectivity index (χ3v) is 4.18. The van der Waals surface area contributed by atoms with Crippen LogP contribution in [0.4, 0.5) is 4.39 Å². The second kappa shape index (κ2) is 6.87. The van der Waals surface area contributed by atoms with Gasteiger partial charge >= 0.3 is 0 Å². The summed E-state index contributed by atoms with van der Waals surface area (Å²) in [7, 11) is 1.57. The molecule has 1 aromatic rings. The van der Waals surface area contributed by atoms with Gasteiger partial charge in [-0.1, -0.05) is 13.8 Å². The Balaban J connectivity index is 2.73. The van der Waals surface area contributed by atoms with Crippen LogP contribution in [0.3, 0.4) is 0 Å². The van der Waals surface area contributed by atoms with Crippen LogP contribution in [0.15, 0.2) is 18.2 Å². The van der Waals surface area contributed by atoms with Gasteiger partial charge in [-0.3, -0.25) is 0 Å². The molecule has 96 valence electrons. The zero-order chi connectivity index (χ0) is 12.8. The summed E-state index contributed by atoms with van der Waals surface area (Å²) in [5.74, 6) is 1.16. The van der Waals surface area contributed by atoms with E-state index in [4.69, 9.17) is 10.5 Å². The lowest BCUT2D eigenvalue weighted by Crippen LogP contribution is -2.16. The number of methoxy groups -OCH3 is 1. The first kappa shape index (κ1) is 14.3. The van der Waals surface area contributed by atoms with Crippen LogP contribution in [-0.4, -0.2) is 18.1 Å². The Morgan fingerprint density at radius 3 is 2.76 bits per heavy atom. The molecule has 0 fully saturated rings. The fraction of sp³-hybridized carbons (Fsp3) is 0.538. The van der Waals surface area contributed by atoms with Crippen molar-refractivity contribution in [3.8, 4) is 5.75 Å². The average molecular weight is 257 g/mol. The summed E-state index contributed by atoms with van der Waals surface area (Å²) in [4.78, 5) is 0. The predicted molar refractivity (Wildman–Crippen MR) is 72.1 cm³/mol. The summed E-state index contributed by atoms with van der Waals surface area (Å²) in [5, 5.41) is 0.570. The minimum absolute atomic E-state index is 0.195. The Kier molecular flexibility index (Phi) is 5.78. The molecular weight excluding hydrogens is 237 g/mol. The number of ether oxygens (including phenoxy) is 1. The Morgan fingerprint density at radius 1 is 1.47 bits per heavy atom. The first-order valence-corrected chi connectivity index (χ1v) is 6.84. The molecule has 0 aliphatic rings. The summed E-state index contributed by atoms with van der Waals surface area (Å²) in [6.45, 7) is 4.31. The first-order chi connectivity index (χ1) is 8.08. The summed E-state index contributed by atoms with van der Waals surface area (Å²) in [5.41, 5.74) is 6.81. The third-order valence-electron chi connectivity index (χ3n) is 2.73. The first-order valence-electron chi connectivity index (χ1n) is 5.79. The van der Waals surface area contributed by atoms with Gasteiger partial charge in [-0.2, -0.15) is 11.8 Å². The highest BCUT2D eigenvalue weighted by Gasteiger charge is 2.14. The van der Waals surface area contributed by atoms with Gasteiger partial charge in [0.15, 0.2) is 0 Å². The van der Waals surface area contributed by atoms with Crippen molar-refractivity contribution in [2.75, 3.05) is 12.9 Å². The maximum Gasteiger partial charge on any atom is 0.123 e. The Morgan fingerprint density at radius 2 is 2.18 bits per heavy atom. The molecule has 0 radical (unpaired) electrons. The number of benzene rings is 1. The molecule has 0 saturated heterocycles. The standard InChI is InChI=1S/C13H20FNOS/c1-4-9(2)17-8-12(15)11-7-10(14)5-6-13(11)16-3/h5-7,9,12H,4,8,15H2,1-3H3. The molecule has 0 heterocycles. The molecule has 17 heavy (non-hydrogen) atoms. The maximum atomic E-state index is 13.2. The zero-order valence-electron chi connectivity index (χ0n) is 10.6. The lowest BCUT2D eigenvalue weighted by atomic mass is 10.1. The van der Waals surface area contributed by atoms with Crippen LogP contribution in [-0.2, 0) is 0 Å². The van der Waals surface area contributed by atoms with Crippen molar-refractivity contribution in [2.24, 2.45) is 5.73 Å². The SMILES string of the molecule is CCC(C)SCC(N)c1cc(F)ccc1OC. The molecule has 2 unspecified atom stereocenters. The van der Waals surface area contributed by atoms with Gasteiger partial charge in [0.2, 0.25) is 0 Å². The molecule has 1 rings (SSSR count). The number of hydrogen-bond donors (Lipinski definition) is 1. The molecule has 2 atom stereocenters. The van der Waals surface area contributed by atoms with Crippen LogP contribution in [0, 0.1) is 5.82 Å². The van der Waals surface area contributed by atoms with E-state index in [9.17, 15) is 4.39 Å². The molecule has 0 aromatic heterocycles. The molecule has 0 aliphatic carbocycles. The number of halogens is 1. The van der Waals surface area contributed by atoms with Gasteiger partial charge < -0.3 is 10.5 Å². The third kappa shape index (κ3) is 4.21. The highest BCUT2D eigenvalue weighted by atomic mass is 32.2. The van der Waals surface area contributed by atoms with E-state index in [2.05, 4.69) is 13.8 Å². The quantitative estimate of drug-likeness (QED) is 0.848. The molecule has 2 N–H and O–H groups in total. The lowest BCUT2D eigenvalue weighted by Gasteiger charge is -2.17. The Hall–Kier alpha value is -0.740. The maximum absolute atomic E-state index is 13.2. The summed E-state index contributed by atoms with van der Waals surface area (Å²) in [6, 6.07) is 4.27. The molecule has 4 heteroatoms. The van der Waals surface area contributed by atoms with Crippen molar-refractivity contribution in [3.63, 3.8) is 0 Å². The molecule has 0 saturated carbocycles. The number of nitrogens with two attached hydrogens (primary N) is 1. The number of thioether (sulfide) groups is 1. The zero-order valence-corrected chi connectivity index (χ0v) is 11.4. The lowest BCUT2D eigenvalue weighted by molar-refractivity contribution is 0.405. The van der Waals surface area contributed by atoms with Crippen molar-refractivity contribution in [3.05, 3.63) is 29.6 Å². The van der Waals surface area contributed by atoms with Gasteiger partial charge in [-0.05, 0) is 24.6 Å². The van der Waals surface area contributed by atoms with Crippen LogP contribution in [0.2, 0.25) is 0 Å². The molecular formula is C13H20FNOS. The smallest absolute Gasteiger partial charge is 0.123 e. The predicted octanol–water partition coefficient (Wildman–Crippen LogP) is 3.37. The minimum atomic E-state index is -0.273. The molecule has 0 amide bonds. The van der Waals surface area contributed by atoms with E-state index in [1.54, 1.807) is 24.9 Å². The van der Waals surface area contributed by atoms with Crippen LogP contribution in [0.1, 0.15) is 31.9 Å². The Labute approximate surface area is 107 Å². The largest absolute Gasteiger partial charge is 0.496 e. The molecule has 0 aliphatic heterocycles. The number of hydrogen-bond acceptors (Lipinski definition) is 3. The summed E-state index contributed by atoms with van der Waals surface area (Å²) >= 11 is 1.80. The van der Waals surface area contributed by atoms with E-state index in [1.165, 1.54) is 12.1 Å². The van der Waals surface area contributed by atoms with E-state index >= 15 is 0 Å². The normalized spacial score (nSPS) is 14.4. The van der Waals surface area contributed by atoms with Crippen LogP contribution in [0.5, 0.6) is 5.75 Å². The average Bonchev–Trinajstić information content (AvgIpc) is 2.35. The second-order valence-corrected chi connectivity index (χ2v) is 5.52. The minimum Gasteiger partial charge on any atom is -0.496 e. The fourth-order valence-electron chi connectivity index (χ4n) is 1.47. The van der Waals surface area contributed by atoms with Gasteiger partial charge in [0.25, 0.3) is 0 Å². The van der Waals surface area contributed by atoms with Crippen molar-refractivity contribution in [1.29, 1.82) is 0 Å². The van der Waals surface area contributed by atoms with Crippen LogP contribution in [0.25, 0.3) is 0 Å². The van der Waals surface area contributed by atoms with Crippen molar-refractivity contribution in [2.45, 2.75) is 31.6 Å². The fourth-order valence-corrected chi connectivity index (χ4v) is 2.42. The van der Waals surface area contributed by atoms with E-state index in [0.717, 1.165) is 17.7 Å². The van der Waals surface area contributed by atoms with Gasteiger partial charge in [-0.25, -0.2) is 4.39 Å². The monoisotopic (exact) mass is 257 g/mol. The van der Waals surface area contributed by atoms with Gasteiger partial charge in [0.1, 0.15) is 11.6 Å². The number of rotatable bonds is 6. The van der Waals surface area contributed by atoms with Crippen molar-refractivity contribution >= 4 is 11.8 Å². The van der Waals surface area contributed by atoms with Gasteiger partial charge in [-0.15, -0.1) is 0 Å². The summed E-state index contributed by atoms with van der Waals surface area (Å²) in [6.07, 6.45) is 1.11. The van der Waals surface area contributed by atoms with E-state index in [1.807, 2.05) is 0 Å². The van der Waals surface area contributed by atoms with E-state index < -0.39 is 0 Å². The van der Waals surface area contributed by atoms with E-state index in [-0.39, 0.29) is 11.9 Å². The van der Waals surface area contributed by atoms with Gasteiger partial charge in [0.05, 0.1) is 7.11 Å². The molecule has 2 nitrogen and oxygen atoms in total. The topological polar surface area (TPSA) is 35.2 Å². The van der Waals surface area contributed by atoms with Crippen LogP contribution >= 0.6 is 11.8 Å². The van der Waals surface area contributed by atoms with Crippen molar-refractivity contribution in [1.82, 2.24) is 0 Å². The molecule has 1 aromatic carbocycles. The molecule has 0 spiro atoms. The second-order valence-electron chi connectivity index (χ2n) is 4.04. The highest BCUT2D eigenvalue weighted by Crippen LogP contribution is 2.28. The Bertz CT molecular complexity index is 359. The van der Waals surface area contributed by atoms with Crippen LogP contribution < -0.4 is 10.5 Å². The van der Waals surface area contributed by atoms with Crippen molar-refractivity contribution < 1.29 is 9.13 Å².